The lowest BCUT2D eigenvalue weighted by atomic mass is 10.0. The Morgan fingerprint density at radius 1 is 1.13 bits per heavy atom. The highest BCUT2D eigenvalue weighted by atomic mass is 16.5. The Labute approximate surface area is 92.1 Å². The largest absolute Gasteiger partial charge is 0.496 e. The van der Waals surface area contributed by atoms with Gasteiger partial charge >= 0.3 is 0 Å². The summed E-state index contributed by atoms with van der Waals surface area (Å²) in [5.74, 6) is 0.973. The third kappa shape index (κ3) is 2.72. The fraction of sp³-hybridized carbons (Fsp3) is 0.286. The first-order chi connectivity index (χ1) is 7.22. The van der Waals surface area contributed by atoms with E-state index in [1.807, 2.05) is 12.2 Å². The average molecular weight is 202 g/mol. The van der Waals surface area contributed by atoms with Gasteiger partial charge in [0.25, 0.3) is 0 Å². The topological polar surface area (TPSA) is 9.23 Å². The Morgan fingerprint density at radius 3 is 1.93 bits per heavy atom. The van der Waals surface area contributed by atoms with Gasteiger partial charge in [0, 0.05) is 0 Å². The molecule has 0 aliphatic rings. The van der Waals surface area contributed by atoms with E-state index in [0.717, 1.165) is 18.6 Å². The Kier molecular flexibility index (Phi) is 4.17. The van der Waals surface area contributed by atoms with E-state index in [9.17, 15) is 0 Å². The molecule has 0 fully saturated rings. The van der Waals surface area contributed by atoms with E-state index in [1.54, 1.807) is 7.11 Å². The van der Waals surface area contributed by atoms with E-state index in [4.69, 9.17) is 4.74 Å². The van der Waals surface area contributed by atoms with E-state index in [1.165, 1.54) is 16.7 Å². The van der Waals surface area contributed by atoms with Crippen LogP contribution in [-0.4, -0.2) is 7.11 Å². The van der Waals surface area contributed by atoms with Gasteiger partial charge in [0.05, 0.1) is 7.11 Å². The molecule has 0 aliphatic carbocycles. The summed E-state index contributed by atoms with van der Waals surface area (Å²) in [7, 11) is 1.71. The summed E-state index contributed by atoms with van der Waals surface area (Å²) in [5, 5.41) is 0. The molecule has 0 aromatic heterocycles. The minimum atomic E-state index is 0.842. The van der Waals surface area contributed by atoms with Gasteiger partial charge in [0.2, 0.25) is 0 Å². The van der Waals surface area contributed by atoms with E-state index in [-0.39, 0.29) is 0 Å². The smallest absolute Gasteiger partial charge is 0.125 e. The average Bonchev–Trinajstić information content (AvgIpc) is 2.18. The van der Waals surface area contributed by atoms with Gasteiger partial charge in [-0.3, -0.25) is 0 Å². The zero-order chi connectivity index (χ0) is 11.3. The van der Waals surface area contributed by atoms with Crippen molar-refractivity contribution in [2.24, 2.45) is 0 Å². The van der Waals surface area contributed by atoms with Crippen molar-refractivity contribution < 1.29 is 4.74 Å². The molecule has 1 aromatic rings. The van der Waals surface area contributed by atoms with Crippen molar-refractivity contribution in [1.82, 2.24) is 0 Å². The number of aryl methyl sites for hydroxylation is 1. The summed E-state index contributed by atoms with van der Waals surface area (Å²) in [5.41, 5.74) is 3.65. The molecule has 0 amide bonds. The normalized spacial score (nSPS) is 9.73. The van der Waals surface area contributed by atoms with E-state index < -0.39 is 0 Å². The molecule has 0 bridgehead atoms. The number of methoxy groups -OCH3 is 1. The van der Waals surface area contributed by atoms with Gasteiger partial charge in [-0.25, -0.2) is 0 Å². The van der Waals surface area contributed by atoms with Crippen LogP contribution in [0.25, 0.3) is 0 Å². The van der Waals surface area contributed by atoms with Gasteiger partial charge in [-0.05, 0) is 30.9 Å². The number of hydrogen-bond acceptors (Lipinski definition) is 1. The minimum Gasteiger partial charge on any atom is -0.496 e. The maximum Gasteiger partial charge on any atom is 0.125 e. The predicted octanol–water partition coefficient (Wildman–Crippen LogP) is 3.46. The highest BCUT2D eigenvalue weighted by molar-refractivity contribution is 5.46. The molecule has 1 aromatic carbocycles. The van der Waals surface area contributed by atoms with Crippen LogP contribution in [-0.2, 0) is 12.8 Å². The molecule has 0 saturated carbocycles. The van der Waals surface area contributed by atoms with Gasteiger partial charge < -0.3 is 4.74 Å². The van der Waals surface area contributed by atoms with Gasteiger partial charge in [-0.15, -0.1) is 13.2 Å². The maximum absolute atomic E-state index is 5.44. The van der Waals surface area contributed by atoms with Crippen LogP contribution in [0.5, 0.6) is 5.75 Å². The van der Waals surface area contributed by atoms with Crippen molar-refractivity contribution in [2.75, 3.05) is 7.11 Å². The summed E-state index contributed by atoms with van der Waals surface area (Å²) in [6.07, 6.45) is 5.48. The zero-order valence-electron chi connectivity index (χ0n) is 9.55. The van der Waals surface area contributed by atoms with Gasteiger partial charge in [-0.1, -0.05) is 29.8 Å². The molecule has 15 heavy (non-hydrogen) atoms. The lowest BCUT2D eigenvalue weighted by Crippen LogP contribution is -1.97. The standard InChI is InChI=1S/C14H18O/c1-5-7-12-9-11(3)10-13(8-6-2)14(12)15-4/h5-6,9-10H,1-2,7-8H2,3-4H3. The summed E-state index contributed by atoms with van der Waals surface area (Å²) < 4.78 is 5.44. The first kappa shape index (κ1) is 11.6. The molecule has 0 N–H and O–H groups in total. The lowest BCUT2D eigenvalue weighted by molar-refractivity contribution is 0.406. The van der Waals surface area contributed by atoms with Crippen LogP contribution in [0.4, 0.5) is 0 Å². The third-order valence-corrected chi connectivity index (χ3v) is 2.32. The maximum atomic E-state index is 5.44. The molecule has 1 rings (SSSR count). The Bertz CT molecular complexity index is 333. The monoisotopic (exact) mass is 202 g/mol. The molecule has 0 atom stereocenters. The van der Waals surface area contributed by atoms with Crippen molar-refractivity contribution in [2.45, 2.75) is 19.8 Å². The minimum absolute atomic E-state index is 0.842. The van der Waals surface area contributed by atoms with Crippen molar-refractivity contribution >= 4 is 0 Å². The first-order valence-electron chi connectivity index (χ1n) is 5.11. The highest BCUT2D eigenvalue weighted by Crippen LogP contribution is 2.27. The van der Waals surface area contributed by atoms with Crippen LogP contribution in [0.3, 0.4) is 0 Å². The van der Waals surface area contributed by atoms with Crippen molar-refractivity contribution in [1.29, 1.82) is 0 Å². The predicted molar refractivity (Wildman–Crippen MR) is 65.5 cm³/mol. The van der Waals surface area contributed by atoms with Crippen molar-refractivity contribution in [3.05, 3.63) is 54.1 Å². The second-order valence-corrected chi connectivity index (χ2v) is 3.60. The fourth-order valence-electron chi connectivity index (χ4n) is 1.81. The zero-order valence-corrected chi connectivity index (χ0v) is 9.55. The molecule has 1 nitrogen and oxygen atoms in total. The molecular weight excluding hydrogens is 184 g/mol. The second kappa shape index (κ2) is 5.40. The number of benzene rings is 1. The van der Waals surface area contributed by atoms with Crippen molar-refractivity contribution in [3.8, 4) is 5.75 Å². The van der Waals surface area contributed by atoms with Crippen LogP contribution in [0.1, 0.15) is 16.7 Å². The number of hydrogen-bond donors (Lipinski definition) is 0. The quantitative estimate of drug-likeness (QED) is 0.664. The van der Waals surface area contributed by atoms with Gasteiger partial charge in [-0.2, -0.15) is 0 Å². The molecule has 1 heteroatoms. The lowest BCUT2D eigenvalue weighted by Gasteiger charge is -2.13. The summed E-state index contributed by atoms with van der Waals surface area (Å²) in [4.78, 5) is 0. The van der Waals surface area contributed by atoms with E-state index in [2.05, 4.69) is 32.2 Å². The van der Waals surface area contributed by atoms with Gasteiger partial charge in [0.1, 0.15) is 5.75 Å². The number of allylic oxidation sites excluding steroid dienone is 2. The Balaban J connectivity index is 3.23. The summed E-state index contributed by atoms with van der Waals surface area (Å²) in [6.45, 7) is 9.62. The van der Waals surface area contributed by atoms with Crippen LogP contribution in [0, 0.1) is 6.92 Å². The molecule has 0 aliphatic heterocycles. The van der Waals surface area contributed by atoms with Crippen LogP contribution >= 0.6 is 0 Å². The summed E-state index contributed by atoms with van der Waals surface area (Å²) >= 11 is 0. The third-order valence-electron chi connectivity index (χ3n) is 2.32. The summed E-state index contributed by atoms with van der Waals surface area (Å²) in [6, 6.07) is 4.29. The van der Waals surface area contributed by atoms with Crippen LogP contribution < -0.4 is 4.74 Å². The molecule has 0 saturated heterocycles. The van der Waals surface area contributed by atoms with Crippen LogP contribution in [0.15, 0.2) is 37.4 Å². The fourth-order valence-corrected chi connectivity index (χ4v) is 1.81. The molecular formula is C14H18O. The molecule has 0 radical (unpaired) electrons. The van der Waals surface area contributed by atoms with Crippen LogP contribution in [0.2, 0.25) is 0 Å². The second-order valence-electron chi connectivity index (χ2n) is 3.60. The highest BCUT2D eigenvalue weighted by Gasteiger charge is 2.08. The molecule has 80 valence electrons. The van der Waals surface area contributed by atoms with Gasteiger partial charge in [0.15, 0.2) is 0 Å². The molecule has 0 unspecified atom stereocenters. The SMILES string of the molecule is C=CCc1cc(C)cc(CC=C)c1OC. The van der Waals surface area contributed by atoms with Crippen molar-refractivity contribution in [3.63, 3.8) is 0 Å². The van der Waals surface area contributed by atoms with E-state index in [0.29, 0.717) is 0 Å². The number of rotatable bonds is 5. The Morgan fingerprint density at radius 2 is 1.60 bits per heavy atom. The first-order valence-corrected chi connectivity index (χ1v) is 5.11. The molecule has 0 heterocycles. The number of ether oxygens (including phenoxy) is 1. The molecule has 0 spiro atoms. The Hall–Kier alpha value is -1.50. The van der Waals surface area contributed by atoms with E-state index >= 15 is 0 Å².